The molecule has 0 aliphatic rings. The molecule has 0 saturated heterocycles. The Morgan fingerprint density at radius 2 is 2.00 bits per heavy atom. The zero-order chi connectivity index (χ0) is 16.4. The van der Waals surface area contributed by atoms with Crippen molar-refractivity contribution in [1.29, 1.82) is 0 Å². The van der Waals surface area contributed by atoms with Crippen LogP contribution in [-0.4, -0.2) is 18.4 Å². The smallest absolute Gasteiger partial charge is 0.221 e. The van der Waals surface area contributed by atoms with Crippen molar-refractivity contribution in [2.75, 3.05) is 12.4 Å². The number of nitrogens with two attached hydrogens (primary N) is 1. The molecule has 0 saturated carbocycles. The second kappa shape index (κ2) is 9.55. The predicted octanol–water partition coefficient (Wildman–Crippen LogP) is 2.86. The highest BCUT2D eigenvalue weighted by atomic mass is 35.5. The van der Waals surface area contributed by atoms with E-state index in [2.05, 4.69) is 16.1 Å². The van der Waals surface area contributed by atoms with Crippen LogP contribution in [0.1, 0.15) is 16.8 Å². The van der Waals surface area contributed by atoms with Crippen molar-refractivity contribution in [2.24, 2.45) is 5.84 Å². The Kier molecular flexibility index (Phi) is 7.67. The minimum atomic E-state index is 0.403. The van der Waals surface area contributed by atoms with Crippen LogP contribution in [0.5, 0.6) is 0 Å². The molecule has 1 aromatic heterocycles. The van der Waals surface area contributed by atoms with Crippen LogP contribution in [0.3, 0.4) is 0 Å². The molecule has 6 heteroatoms. The molecular formula is C16H19ClN4O. The van der Waals surface area contributed by atoms with Crippen LogP contribution in [0.2, 0.25) is 5.02 Å². The topological polar surface area (TPSA) is 80.0 Å². The normalized spacial score (nSPS) is 9.82. The van der Waals surface area contributed by atoms with Gasteiger partial charge >= 0.3 is 0 Å². The molecule has 0 unspecified atom stereocenters. The van der Waals surface area contributed by atoms with Gasteiger partial charge in [-0.25, -0.2) is 5.84 Å². The number of rotatable bonds is 4. The summed E-state index contributed by atoms with van der Waals surface area (Å²) in [6, 6.07) is 9.82. The van der Waals surface area contributed by atoms with Gasteiger partial charge in [0.15, 0.2) is 0 Å². The highest BCUT2D eigenvalue weighted by molar-refractivity contribution is 6.32. The number of hydrogen-bond acceptors (Lipinski definition) is 4. The summed E-state index contributed by atoms with van der Waals surface area (Å²) < 4.78 is 0. The van der Waals surface area contributed by atoms with Crippen molar-refractivity contribution in [1.82, 2.24) is 10.4 Å². The second-order valence-electron chi connectivity index (χ2n) is 4.33. The lowest BCUT2D eigenvalue weighted by Crippen LogP contribution is -2.18. The van der Waals surface area contributed by atoms with Gasteiger partial charge in [-0.15, -0.1) is 0 Å². The van der Waals surface area contributed by atoms with Crippen molar-refractivity contribution in [3.05, 3.63) is 58.4 Å². The van der Waals surface area contributed by atoms with Crippen LogP contribution in [-0.2, 0) is 4.79 Å². The predicted molar refractivity (Wildman–Crippen MR) is 92.3 cm³/mol. The van der Waals surface area contributed by atoms with E-state index in [-0.39, 0.29) is 0 Å². The van der Waals surface area contributed by atoms with Gasteiger partial charge in [-0.05, 0) is 48.9 Å². The SMILES string of the molecule is CNc1cccc(Cl)c1/C=C/c1cc(C)ccn1.NNC=O. The third-order valence-corrected chi connectivity index (χ3v) is 3.08. The van der Waals surface area contributed by atoms with E-state index in [1.54, 1.807) is 11.6 Å². The summed E-state index contributed by atoms with van der Waals surface area (Å²) in [6.45, 7) is 2.05. The molecule has 0 radical (unpaired) electrons. The van der Waals surface area contributed by atoms with Gasteiger partial charge in [-0.1, -0.05) is 17.7 Å². The van der Waals surface area contributed by atoms with E-state index >= 15 is 0 Å². The van der Waals surface area contributed by atoms with Gasteiger partial charge in [0, 0.05) is 29.5 Å². The van der Waals surface area contributed by atoms with Gasteiger partial charge in [-0.3, -0.25) is 15.2 Å². The molecule has 2 rings (SSSR count). The molecule has 1 heterocycles. The Bertz CT molecular complexity index is 644. The zero-order valence-electron chi connectivity index (χ0n) is 12.5. The number of aromatic nitrogens is 1. The van der Waals surface area contributed by atoms with Gasteiger partial charge in [0.1, 0.15) is 0 Å². The van der Waals surface area contributed by atoms with Crippen molar-refractivity contribution in [3.63, 3.8) is 0 Å². The van der Waals surface area contributed by atoms with Gasteiger partial charge in [-0.2, -0.15) is 0 Å². The second-order valence-corrected chi connectivity index (χ2v) is 4.73. The first-order chi connectivity index (χ1) is 10.6. The van der Waals surface area contributed by atoms with Crippen LogP contribution in [0.15, 0.2) is 36.5 Å². The van der Waals surface area contributed by atoms with Crippen LogP contribution in [0.4, 0.5) is 5.69 Å². The molecule has 1 amide bonds. The average molecular weight is 319 g/mol. The van der Waals surface area contributed by atoms with Crippen molar-refractivity contribution in [3.8, 4) is 0 Å². The van der Waals surface area contributed by atoms with E-state index < -0.39 is 0 Å². The fraction of sp³-hybridized carbons (Fsp3) is 0.125. The maximum absolute atomic E-state index is 8.94. The van der Waals surface area contributed by atoms with Crippen molar-refractivity contribution in [2.45, 2.75) is 6.92 Å². The summed E-state index contributed by atoms with van der Waals surface area (Å²) in [4.78, 5) is 13.2. The highest BCUT2D eigenvalue weighted by Crippen LogP contribution is 2.26. The molecule has 0 fully saturated rings. The summed E-state index contributed by atoms with van der Waals surface area (Å²) in [5.74, 6) is 4.41. The number of carbonyl (C=O) groups is 1. The van der Waals surface area contributed by atoms with Crippen LogP contribution in [0, 0.1) is 6.92 Å². The Morgan fingerprint density at radius 3 is 2.59 bits per heavy atom. The molecule has 0 aliphatic heterocycles. The van der Waals surface area contributed by atoms with Gasteiger partial charge < -0.3 is 5.32 Å². The van der Waals surface area contributed by atoms with E-state index in [0.29, 0.717) is 6.41 Å². The van der Waals surface area contributed by atoms with Gasteiger partial charge in [0.2, 0.25) is 6.41 Å². The Labute approximate surface area is 135 Å². The Balaban J connectivity index is 0.000000541. The first-order valence-electron chi connectivity index (χ1n) is 6.59. The van der Waals surface area contributed by atoms with Crippen molar-refractivity contribution >= 4 is 35.9 Å². The molecule has 22 heavy (non-hydrogen) atoms. The Morgan fingerprint density at radius 1 is 1.27 bits per heavy atom. The molecule has 0 bridgehead atoms. The maximum Gasteiger partial charge on any atom is 0.221 e. The number of amides is 1. The zero-order valence-corrected chi connectivity index (χ0v) is 13.3. The molecular weight excluding hydrogens is 300 g/mol. The fourth-order valence-electron chi connectivity index (χ4n) is 1.74. The summed E-state index contributed by atoms with van der Waals surface area (Å²) in [5.41, 5.74) is 5.85. The maximum atomic E-state index is 8.94. The number of aryl methyl sites for hydroxylation is 1. The number of nitrogens with one attached hydrogen (secondary N) is 2. The summed E-state index contributed by atoms with van der Waals surface area (Å²) in [7, 11) is 1.88. The van der Waals surface area contributed by atoms with E-state index in [1.165, 1.54) is 5.56 Å². The molecule has 4 N–H and O–H groups in total. The number of hydrazine groups is 1. The number of benzene rings is 1. The number of nitrogens with zero attached hydrogens (tertiary/aromatic N) is 1. The van der Waals surface area contributed by atoms with Gasteiger partial charge in [0.25, 0.3) is 0 Å². The lowest BCUT2D eigenvalue weighted by Gasteiger charge is -2.06. The van der Waals surface area contributed by atoms with E-state index in [1.807, 2.05) is 56.5 Å². The largest absolute Gasteiger partial charge is 0.388 e. The van der Waals surface area contributed by atoms with E-state index in [0.717, 1.165) is 22.0 Å². The third kappa shape index (κ3) is 5.55. The standard InChI is InChI=1S/C15H15ClN2.CH4N2O/c1-11-8-9-18-12(10-11)6-7-13-14(16)4-3-5-15(13)17-2;2-3-1-4/h3-10,17H,1-2H3;1H,2H2,(H,3,4)/b7-6+;. The fourth-order valence-corrected chi connectivity index (χ4v) is 1.98. The number of hydrogen-bond donors (Lipinski definition) is 3. The molecule has 0 atom stereocenters. The number of anilines is 1. The third-order valence-electron chi connectivity index (χ3n) is 2.75. The molecule has 5 nitrogen and oxygen atoms in total. The molecule has 1 aromatic carbocycles. The monoisotopic (exact) mass is 318 g/mol. The molecule has 116 valence electrons. The molecule has 2 aromatic rings. The minimum absolute atomic E-state index is 0.403. The molecule has 0 spiro atoms. The summed E-state index contributed by atoms with van der Waals surface area (Å²) >= 11 is 6.19. The van der Waals surface area contributed by atoms with Crippen LogP contribution in [0.25, 0.3) is 12.2 Å². The first-order valence-corrected chi connectivity index (χ1v) is 6.97. The number of halogens is 1. The highest BCUT2D eigenvalue weighted by Gasteiger charge is 2.01. The minimum Gasteiger partial charge on any atom is -0.388 e. The quantitative estimate of drug-likeness (QED) is 0.350. The molecule has 0 aliphatic carbocycles. The number of carbonyl (C=O) groups excluding carboxylic acids is 1. The summed E-state index contributed by atoms with van der Waals surface area (Å²) in [5, 5.41) is 3.86. The van der Waals surface area contributed by atoms with Crippen LogP contribution < -0.4 is 16.6 Å². The lowest BCUT2D eigenvalue weighted by molar-refractivity contribution is -0.109. The first kappa shape index (κ1) is 17.7. The summed E-state index contributed by atoms with van der Waals surface area (Å²) in [6.07, 6.45) is 6.16. The van der Waals surface area contributed by atoms with E-state index in [9.17, 15) is 0 Å². The van der Waals surface area contributed by atoms with Crippen molar-refractivity contribution < 1.29 is 4.79 Å². The number of pyridine rings is 1. The Hall–Kier alpha value is -2.37. The van der Waals surface area contributed by atoms with E-state index in [4.69, 9.17) is 16.4 Å². The lowest BCUT2D eigenvalue weighted by atomic mass is 10.1. The van der Waals surface area contributed by atoms with Crippen LogP contribution >= 0.6 is 11.6 Å². The van der Waals surface area contributed by atoms with Gasteiger partial charge in [0.05, 0.1) is 5.69 Å². The average Bonchev–Trinajstić information content (AvgIpc) is 2.53.